The molecule has 0 aromatic carbocycles. The highest BCUT2D eigenvalue weighted by molar-refractivity contribution is 6.05. The van der Waals surface area contributed by atoms with Crippen LogP contribution < -0.4 is 0 Å². The molecule has 6 heterocycles. The van der Waals surface area contributed by atoms with Crippen molar-refractivity contribution < 1.29 is 64.0 Å². The van der Waals surface area contributed by atoms with E-state index in [0.29, 0.717) is 38.5 Å². The first kappa shape index (κ1) is 36.9. The number of Topliss-reactive ketones (excluding diaryl/α,β-unsaturated/α-hetero) is 3. The zero-order chi connectivity index (χ0) is 40.6. The standard InChI is InChI=1S/C44H56O13/c1-18-21-8-10-24-38(29(21)47,14-23(18)45)42(52)32(50)27-34(4,5)15-36(33(51)40(24,27)20(3)55-42)12-13-37-16-35(6,7)26-31(49)43(53)41-25(11-9-22(30(41)48)19(2)28(41)46)39(26,17-54-43)44(37,56-36)57-37/h20-22,24-27,29-32,47-50,52-53H,1-2,8-17H2,3-7H3/t20-,21-,22-,24+,25-,26+,27+,29+,30+,31-,32-,36+,37+,38+,39-,40-,41-,42+,43+,44+/m0/s1. The largest absolute Gasteiger partial charge is 0.392 e. The number of hydrogen-bond acceptors (Lipinski definition) is 13. The Morgan fingerprint density at radius 1 is 0.702 bits per heavy atom. The molecule has 0 radical (unpaired) electrons. The van der Waals surface area contributed by atoms with Crippen LogP contribution in [0.15, 0.2) is 24.3 Å². The Hall–Kier alpha value is -1.91. The lowest BCUT2D eigenvalue weighted by Crippen LogP contribution is -2.90. The fourth-order valence-electron chi connectivity index (χ4n) is 18.9. The van der Waals surface area contributed by atoms with Crippen molar-refractivity contribution in [3.05, 3.63) is 24.3 Å². The molecule has 14 rings (SSSR count). The zero-order valence-electron chi connectivity index (χ0n) is 33.4. The summed E-state index contributed by atoms with van der Waals surface area (Å²) in [5.74, 6) is -11.8. The monoisotopic (exact) mass is 792 g/mol. The van der Waals surface area contributed by atoms with Gasteiger partial charge < -0.3 is 49.6 Å². The number of aliphatic hydroxyl groups is 6. The van der Waals surface area contributed by atoms with Crippen molar-refractivity contribution in [2.24, 2.45) is 68.0 Å². The van der Waals surface area contributed by atoms with Crippen LogP contribution in [-0.2, 0) is 33.3 Å². The van der Waals surface area contributed by atoms with Crippen molar-refractivity contribution in [3.63, 3.8) is 0 Å². The van der Waals surface area contributed by atoms with Crippen molar-refractivity contribution in [2.45, 2.75) is 151 Å². The third-order valence-corrected chi connectivity index (χ3v) is 20.1. The van der Waals surface area contributed by atoms with E-state index in [0.717, 1.165) is 0 Å². The van der Waals surface area contributed by atoms with Gasteiger partial charge in [0.25, 0.3) is 0 Å². The summed E-state index contributed by atoms with van der Waals surface area (Å²) in [6, 6.07) is 0. The predicted molar refractivity (Wildman–Crippen MR) is 194 cm³/mol. The fourth-order valence-corrected chi connectivity index (χ4v) is 18.9. The van der Waals surface area contributed by atoms with E-state index in [9.17, 15) is 40.2 Å². The second kappa shape index (κ2) is 9.59. The fraction of sp³-hybridized carbons (Fsp3) is 0.841. The topological polar surface area (TPSA) is 213 Å². The lowest BCUT2D eigenvalue weighted by Gasteiger charge is -2.79. The van der Waals surface area contributed by atoms with Gasteiger partial charge in [0.15, 0.2) is 17.3 Å². The van der Waals surface area contributed by atoms with E-state index in [1.807, 2.05) is 27.7 Å². The second-order valence-electron chi connectivity index (χ2n) is 22.5. The molecule has 14 fully saturated rings. The van der Waals surface area contributed by atoms with Gasteiger partial charge in [-0.15, -0.1) is 0 Å². The first-order valence-corrected chi connectivity index (χ1v) is 21.4. The Labute approximate surface area is 331 Å². The van der Waals surface area contributed by atoms with Crippen molar-refractivity contribution >= 4 is 17.3 Å². The molecular formula is C44H56O13. The van der Waals surface area contributed by atoms with E-state index in [-0.39, 0.29) is 48.6 Å². The smallest absolute Gasteiger partial charge is 0.208 e. The second-order valence-corrected chi connectivity index (χ2v) is 22.5. The number of hydrogen-bond donors (Lipinski definition) is 6. The Morgan fingerprint density at radius 3 is 2.04 bits per heavy atom. The minimum atomic E-state index is -2.40. The van der Waals surface area contributed by atoms with E-state index in [1.165, 1.54) is 0 Å². The number of ether oxygens (including phenoxy) is 4. The number of fused-ring (bicyclic) bond motifs is 4. The molecule has 0 aromatic rings. The van der Waals surface area contributed by atoms with E-state index in [1.54, 1.807) is 6.92 Å². The summed E-state index contributed by atoms with van der Waals surface area (Å²) in [5.41, 5.74) is -10.0. The summed E-state index contributed by atoms with van der Waals surface area (Å²) in [5, 5.41) is 74.8. The van der Waals surface area contributed by atoms with E-state index < -0.39 is 133 Å². The van der Waals surface area contributed by atoms with Crippen molar-refractivity contribution in [2.75, 3.05) is 6.61 Å². The number of rotatable bonds is 0. The Bertz CT molecular complexity index is 2060. The highest BCUT2D eigenvalue weighted by Crippen LogP contribution is 2.87. The molecule has 6 N–H and O–H groups in total. The third-order valence-electron chi connectivity index (χ3n) is 20.1. The molecule has 0 unspecified atom stereocenters. The van der Waals surface area contributed by atoms with Crippen LogP contribution in [0.25, 0.3) is 0 Å². The van der Waals surface area contributed by atoms with Gasteiger partial charge in [0.05, 0.1) is 41.2 Å². The molecule has 14 aliphatic rings. The highest BCUT2D eigenvalue weighted by atomic mass is 16.8. The van der Waals surface area contributed by atoms with Crippen molar-refractivity contribution in [3.8, 4) is 0 Å². The molecule has 57 heavy (non-hydrogen) atoms. The number of carbonyl (C=O) groups excluding carboxylic acids is 3. The summed E-state index contributed by atoms with van der Waals surface area (Å²) >= 11 is 0. The molecule has 6 aliphatic heterocycles. The zero-order valence-corrected chi connectivity index (χ0v) is 33.4. The normalized spacial score (nSPS) is 64.3. The van der Waals surface area contributed by atoms with Crippen molar-refractivity contribution in [1.29, 1.82) is 0 Å². The highest BCUT2D eigenvalue weighted by Gasteiger charge is 2.99. The molecule has 8 saturated carbocycles. The van der Waals surface area contributed by atoms with Crippen LogP contribution in [0.3, 0.4) is 0 Å². The van der Waals surface area contributed by atoms with Gasteiger partial charge in [-0.25, -0.2) is 0 Å². The van der Waals surface area contributed by atoms with Crippen LogP contribution in [0.4, 0.5) is 0 Å². The maximum atomic E-state index is 16.5. The van der Waals surface area contributed by atoms with Gasteiger partial charge in [-0.3, -0.25) is 14.4 Å². The van der Waals surface area contributed by atoms with E-state index in [4.69, 9.17) is 18.9 Å². The molecule has 13 nitrogen and oxygen atoms in total. The molecule has 8 aliphatic carbocycles. The number of carbonyl (C=O) groups is 3. The van der Waals surface area contributed by atoms with Gasteiger partial charge in [0.2, 0.25) is 17.4 Å². The summed E-state index contributed by atoms with van der Waals surface area (Å²) < 4.78 is 27.7. The van der Waals surface area contributed by atoms with Crippen LogP contribution in [0.5, 0.6) is 0 Å². The van der Waals surface area contributed by atoms with Gasteiger partial charge in [-0.1, -0.05) is 40.9 Å². The molecule has 8 bridgehead atoms. The predicted octanol–water partition coefficient (Wildman–Crippen LogP) is 1.63. The van der Waals surface area contributed by atoms with Crippen LogP contribution in [0.2, 0.25) is 0 Å². The molecular weight excluding hydrogens is 736 g/mol. The van der Waals surface area contributed by atoms with Gasteiger partial charge in [0, 0.05) is 30.1 Å². The molecule has 0 aromatic heterocycles. The van der Waals surface area contributed by atoms with Gasteiger partial charge >= 0.3 is 0 Å². The third kappa shape index (κ3) is 3.09. The average Bonchev–Trinajstić information content (AvgIpc) is 3.78. The quantitative estimate of drug-likeness (QED) is 0.152. The molecule has 13 heteroatoms. The first-order chi connectivity index (χ1) is 26.5. The Kier molecular flexibility index (Phi) is 6.21. The minimum Gasteiger partial charge on any atom is -0.392 e. The summed E-state index contributed by atoms with van der Waals surface area (Å²) in [6.07, 6.45) is -4.39. The molecule has 20 atom stereocenters. The van der Waals surface area contributed by atoms with Gasteiger partial charge in [0.1, 0.15) is 28.8 Å². The molecule has 310 valence electrons. The lowest BCUT2D eigenvalue weighted by molar-refractivity contribution is -0.482. The van der Waals surface area contributed by atoms with Crippen molar-refractivity contribution in [1.82, 2.24) is 0 Å². The van der Waals surface area contributed by atoms with Crippen LogP contribution in [-0.4, -0.2) is 114 Å². The van der Waals surface area contributed by atoms with Gasteiger partial charge in [-0.05, 0) is 92.1 Å². The maximum absolute atomic E-state index is 16.5. The average molecular weight is 793 g/mol. The SMILES string of the molecule is C=C1C(=O)C[C@]23[C@H](O)[C@H]1CC[C@H]2[C@]12C(=O)[C@@]4(CC[C@@]56CC(C)(C)[C@H]7[C@H](O)[C@@]8(O)OC[C@@]7([C@@H]7CC[C@H]9C(=C)C(=O)[C@]78[C@@H]9O)[C@]5(O4)O6)CC(C)(C)[C@H]1[C@H](O)[C@@]3(O)O[C@H]2C. The minimum absolute atomic E-state index is 0.140. The number of aliphatic hydroxyl groups excluding tert-OH is 4. The molecule has 5 spiro atoms. The summed E-state index contributed by atoms with van der Waals surface area (Å²) in [7, 11) is 0. The van der Waals surface area contributed by atoms with E-state index in [2.05, 4.69) is 13.2 Å². The number of ketones is 3. The number of epoxide rings is 1. The summed E-state index contributed by atoms with van der Waals surface area (Å²) in [6.45, 7) is 17.7. The summed E-state index contributed by atoms with van der Waals surface area (Å²) in [4.78, 5) is 44.8. The first-order valence-electron chi connectivity index (χ1n) is 21.4. The van der Waals surface area contributed by atoms with Crippen LogP contribution in [0, 0.1) is 68.0 Å². The Morgan fingerprint density at radius 2 is 1.33 bits per heavy atom. The maximum Gasteiger partial charge on any atom is 0.208 e. The van der Waals surface area contributed by atoms with E-state index >= 15 is 4.79 Å². The lowest BCUT2D eigenvalue weighted by atomic mass is 9.30. The van der Waals surface area contributed by atoms with Crippen LogP contribution in [0.1, 0.15) is 92.4 Å². The van der Waals surface area contributed by atoms with Crippen LogP contribution >= 0.6 is 0 Å². The molecule has 0 amide bonds. The molecule has 6 saturated heterocycles. The van der Waals surface area contributed by atoms with Gasteiger partial charge in [-0.2, -0.15) is 0 Å². The Balaban J connectivity index is 1.06.